The molecule has 1 aliphatic carbocycles. The minimum atomic E-state index is -4.30. The first-order chi connectivity index (χ1) is 12.7. The molecule has 0 bridgehead atoms. The summed E-state index contributed by atoms with van der Waals surface area (Å²) >= 11 is 5.97. The Kier molecular flexibility index (Phi) is 5.64. The summed E-state index contributed by atoms with van der Waals surface area (Å²) in [5.74, 6) is -0.726. The van der Waals surface area contributed by atoms with E-state index in [1.165, 1.54) is 12.1 Å². The first-order valence-corrected chi connectivity index (χ1v) is 10.4. The lowest BCUT2D eigenvalue weighted by Gasteiger charge is -2.18. The first kappa shape index (κ1) is 19.9. The second-order valence-electron chi connectivity index (χ2n) is 6.59. The highest BCUT2D eigenvalue weighted by molar-refractivity contribution is 7.92. The lowest BCUT2D eigenvalue weighted by atomic mass is 10.2. The first-order valence-electron chi connectivity index (χ1n) is 8.43. The van der Waals surface area contributed by atoms with Crippen LogP contribution in [0.2, 0.25) is 5.02 Å². The number of phenolic OH excluding ortho intramolecular Hbond substituents is 1. The molecule has 1 heterocycles. The number of sulfone groups is 1. The van der Waals surface area contributed by atoms with Gasteiger partial charge in [0.25, 0.3) is 0 Å². The topological polar surface area (TPSA) is 105 Å². The number of carbonyl (C=O) groups is 1. The molecule has 0 spiro atoms. The van der Waals surface area contributed by atoms with E-state index >= 15 is 0 Å². The van der Waals surface area contributed by atoms with E-state index in [9.17, 15) is 22.7 Å². The molecule has 7 nitrogen and oxygen atoms in total. The number of amides is 2. The summed E-state index contributed by atoms with van der Waals surface area (Å²) in [6.07, 6.45) is 1.93. The number of alkyl halides is 1. The molecule has 1 fully saturated rings. The summed E-state index contributed by atoms with van der Waals surface area (Å²) in [4.78, 5) is 11.6. The number of allylic oxidation sites excluding steroid dienone is 1. The van der Waals surface area contributed by atoms with Crippen molar-refractivity contribution in [2.24, 2.45) is 0 Å². The number of urea groups is 1. The van der Waals surface area contributed by atoms with Gasteiger partial charge in [-0.05, 0) is 31.9 Å². The molecule has 27 heavy (non-hydrogen) atoms. The largest absolute Gasteiger partial charge is 0.504 e. The van der Waals surface area contributed by atoms with E-state index in [2.05, 4.69) is 10.6 Å². The number of nitrogens with one attached hydrogen (secondary N) is 2. The van der Waals surface area contributed by atoms with Crippen molar-refractivity contribution < 1.29 is 27.4 Å². The molecule has 0 radical (unpaired) electrons. The van der Waals surface area contributed by atoms with Crippen molar-refractivity contribution in [3.8, 4) is 5.75 Å². The van der Waals surface area contributed by atoms with Crippen molar-refractivity contribution in [2.75, 3.05) is 18.5 Å². The van der Waals surface area contributed by atoms with E-state index in [1.807, 2.05) is 13.0 Å². The number of phenols is 1. The molecule has 3 N–H and O–H groups in total. The lowest BCUT2D eigenvalue weighted by Crippen LogP contribution is -2.37. The third kappa shape index (κ3) is 3.90. The number of rotatable bonds is 4. The van der Waals surface area contributed by atoms with Crippen LogP contribution in [-0.4, -0.2) is 50.2 Å². The fraction of sp³-hybridized carbons (Fsp3) is 0.471. The molecular formula is C17H20ClFN2O5S. The van der Waals surface area contributed by atoms with Crippen LogP contribution in [0.5, 0.6) is 5.75 Å². The van der Waals surface area contributed by atoms with Gasteiger partial charge in [-0.15, -0.1) is 0 Å². The molecule has 10 heteroatoms. The van der Waals surface area contributed by atoms with Crippen molar-refractivity contribution in [3.63, 3.8) is 0 Å². The van der Waals surface area contributed by atoms with Gasteiger partial charge in [-0.3, -0.25) is 0 Å². The summed E-state index contributed by atoms with van der Waals surface area (Å²) in [6.45, 7) is 1.24. The van der Waals surface area contributed by atoms with Crippen LogP contribution in [0.15, 0.2) is 28.7 Å². The maximum absolute atomic E-state index is 13.9. The van der Waals surface area contributed by atoms with Crippen LogP contribution in [0, 0.1) is 0 Å². The molecule has 3 atom stereocenters. The maximum Gasteiger partial charge on any atom is 0.319 e. The monoisotopic (exact) mass is 418 g/mol. The second-order valence-corrected chi connectivity index (χ2v) is 9.10. The van der Waals surface area contributed by atoms with Crippen LogP contribution >= 0.6 is 11.6 Å². The summed E-state index contributed by atoms with van der Waals surface area (Å²) < 4.78 is 44.3. The Morgan fingerprint density at radius 1 is 1.37 bits per heavy atom. The zero-order valence-electron chi connectivity index (χ0n) is 14.5. The minimum Gasteiger partial charge on any atom is -0.504 e. The minimum absolute atomic E-state index is 0.120. The van der Waals surface area contributed by atoms with Gasteiger partial charge in [0.15, 0.2) is 15.6 Å². The molecule has 1 aliphatic heterocycles. The average molecular weight is 419 g/mol. The van der Waals surface area contributed by atoms with E-state index in [0.29, 0.717) is 0 Å². The van der Waals surface area contributed by atoms with Crippen molar-refractivity contribution >= 4 is 33.2 Å². The van der Waals surface area contributed by atoms with E-state index in [1.54, 1.807) is 0 Å². The van der Waals surface area contributed by atoms with Crippen molar-refractivity contribution in [3.05, 3.63) is 28.8 Å². The predicted molar refractivity (Wildman–Crippen MR) is 98.7 cm³/mol. The summed E-state index contributed by atoms with van der Waals surface area (Å²) in [7, 11) is -4.30. The Labute approximate surface area is 161 Å². The molecule has 148 valence electrons. The maximum atomic E-state index is 13.9. The number of ether oxygens (including phenoxy) is 1. The van der Waals surface area contributed by atoms with Crippen LogP contribution in [0.25, 0.3) is 0 Å². The van der Waals surface area contributed by atoms with Gasteiger partial charge in [0.05, 0.1) is 30.0 Å². The van der Waals surface area contributed by atoms with Crippen LogP contribution in [0.4, 0.5) is 14.9 Å². The highest BCUT2D eigenvalue weighted by Gasteiger charge is 2.42. The van der Waals surface area contributed by atoms with Gasteiger partial charge in [-0.25, -0.2) is 17.6 Å². The Morgan fingerprint density at radius 3 is 2.70 bits per heavy atom. The average Bonchev–Trinajstić information content (AvgIpc) is 3.19. The molecule has 3 unspecified atom stereocenters. The number of carbonyl (C=O) groups excluding carboxylic acids is 1. The fourth-order valence-electron chi connectivity index (χ4n) is 3.21. The standard InChI is InChI=1S/C17H20ClFN2O5S/c1-9-3-2-4-12(9)20-17(23)21-13-6-5-10(18)16(15(13)22)27(24,25)14-8-26-7-11(14)19/h3,5-6,11-12,14,22H,2,4,7-8H2,1H3,(H2,20,21,23). The Balaban J connectivity index is 1.85. The molecule has 1 aromatic rings. The smallest absolute Gasteiger partial charge is 0.319 e. The van der Waals surface area contributed by atoms with Gasteiger partial charge < -0.3 is 20.5 Å². The Bertz CT molecular complexity index is 890. The van der Waals surface area contributed by atoms with Gasteiger partial charge in [0.1, 0.15) is 16.3 Å². The summed E-state index contributed by atoms with van der Waals surface area (Å²) in [5, 5.41) is 13.9. The lowest BCUT2D eigenvalue weighted by molar-refractivity contribution is 0.173. The third-order valence-corrected chi connectivity index (χ3v) is 7.39. The third-order valence-electron chi connectivity index (χ3n) is 4.75. The molecule has 1 saturated heterocycles. The van der Waals surface area contributed by atoms with E-state index in [0.717, 1.165) is 18.4 Å². The van der Waals surface area contributed by atoms with E-state index < -0.39 is 37.9 Å². The zero-order valence-corrected chi connectivity index (χ0v) is 16.1. The van der Waals surface area contributed by atoms with Crippen LogP contribution < -0.4 is 10.6 Å². The summed E-state index contributed by atoms with van der Waals surface area (Å²) in [6, 6.07) is 1.80. The summed E-state index contributed by atoms with van der Waals surface area (Å²) in [5.41, 5.74) is 0.897. The number of benzene rings is 1. The predicted octanol–water partition coefficient (Wildman–Crippen LogP) is 2.79. The fourth-order valence-corrected chi connectivity index (χ4v) is 5.45. The zero-order chi connectivity index (χ0) is 19.8. The SMILES string of the molecule is CC1=CCCC1NC(=O)Nc1ccc(Cl)c(S(=O)(=O)C2COCC2F)c1O. The van der Waals surface area contributed by atoms with Gasteiger partial charge in [-0.1, -0.05) is 23.3 Å². The number of anilines is 1. The van der Waals surface area contributed by atoms with Crippen molar-refractivity contribution in [2.45, 2.75) is 42.1 Å². The quantitative estimate of drug-likeness (QED) is 0.515. The van der Waals surface area contributed by atoms with Crippen LogP contribution in [0.3, 0.4) is 0 Å². The molecule has 0 saturated carbocycles. The van der Waals surface area contributed by atoms with Crippen LogP contribution in [-0.2, 0) is 14.6 Å². The highest BCUT2D eigenvalue weighted by atomic mass is 35.5. The number of halogens is 2. The molecule has 3 rings (SSSR count). The Morgan fingerprint density at radius 2 is 2.11 bits per heavy atom. The number of aromatic hydroxyl groups is 1. The highest BCUT2D eigenvalue weighted by Crippen LogP contribution is 2.40. The molecule has 0 aromatic heterocycles. The molecular weight excluding hydrogens is 399 g/mol. The Hall–Kier alpha value is -1.84. The van der Waals surface area contributed by atoms with Crippen molar-refractivity contribution in [1.29, 1.82) is 0 Å². The second kappa shape index (κ2) is 7.65. The number of hydrogen-bond acceptors (Lipinski definition) is 5. The van der Waals surface area contributed by atoms with Gasteiger partial charge in [0.2, 0.25) is 0 Å². The van der Waals surface area contributed by atoms with E-state index in [4.69, 9.17) is 16.3 Å². The van der Waals surface area contributed by atoms with Crippen molar-refractivity contribution in [1.82, 2.24) is 5.32 Å². The van der Waals surface area contributed by atoms with Gasteiger partial charge in [-0.2, -0.15) is 0 Å². The van der Waals surface area contributed by atoms with E-state index in [-0.39, 0.29) is 30.0 Å². The normalized spacial score (nSPS) is 25.3. The number of hydrogen-bond donors (Lipinski definition) is 3. The molecule has 2 aliphatic rings. The van der Waals surface area contributed by atoms with Gasteiger partial charge >= 0.3 is 6.03 Å². The molecule has 2 amide bonds. The van der Waals surface area contributed by atoms with Crippen LogP contribution in [0.1, 0.15) is 19.8 Å². The molecule has 1 aromatic carbocycles. The van der Waals surface area contributed by atoms with Gasteiger partial charge in [0, 0.05) is 0 Å².